The Morgan fingerprint density at radius 2 is 1.91 bits per heavy atom. The van der Waals surface area contributed by atoms with Crippen LogP contribution in [0.4, 0.5) is 18.9 Å². The van der Waals surface area contributed by atoms with Gasteiger partial charge >= 0.3 is 6.18 Å². The third-order valence-corrected chi connectivity index (χ3v) is 3.91. The van der Waals surface area contributed by atoms with Crippen LogP contribution in [0.5, 0.6) is 0 Å². The van der Waals surface area contributed by atoms with Crippen molar-refractivity contribution in [2.45, 2.75) is 13.1 Å². The molecule has 0 aromatic heterocycles. The minimum absolute atomic E-state index is 0.00573. The standard InChI is InChI=1S/C15H20F3N3O/c1-11(10-19)14(22)21-7-5-20(6-8-21)13-4-2-3-12(9-13)15(16,17)18/h2-4,9,11H,5-8,10,19H2,1H3. The van der Waals surface area contributed by atoms with Crippen molar-refractivity contribution in [3.8, 4) is 0 Å². The van der Waals surface area contributed by atoms with Gasteiger partial charge in [0.05, 0.1) is 5.56 Å². The summed E-state index contributed by atoms with van der Waals surface area (Å²) >= 11 is 0. The zero-order valence-electron chi connectivity index (χ0n) is 12.4. The summed E-state index contributed by atoms with van der Waals surface area (Å²) in [6, 6.07) is 5.29. The average Bonchev–Trinajstić information content (AvgIpc) is 2.53. The number of alkyl halides is 3. The Bertz CT molecular complexity index is 525. The van der Waals surface area contributed by atoms with Crippen molar-refractivity contribution in [1.82, 2.24) is 4.90 Å². The molecule has 1 aliphatic heterocycles. The van der Waals surface area contributed by atoms with E-state index in [0.29, 0.717) is 38.4 Å². The molecule has 1 aromatic carbocycles. The lowest BCUT2D eigenvalue weighted by Gasteiger charge is -2.37. The fourth-order valence-corrected chi connectivity index (χ4v) is 2.48. The molecule has 0 spiro atoms. The van der Waals surface area contributed by atoms with Crippen molar-refractivity contribution in [3.05, 3.63) is 29.8 Å². The SMILES string of the molecule is CC(CN)C(=O)N1CCN(c2cccc(C(F)(F)F)c2)CC1. The number of amides is 1. The van der Waals surface area contributed by atoms with E-state index in [4.69, 9.17) is 5.73 Å². The maximum absolute atomic E-state index is 12.7. The van der Waals surface area contributed by atoms with Gasteiger partial charge in [-0.25, -0.2) is 0 Å². The van der Waals surface area contributed by atoms with Crippen LogP contribution in [0.2, 0.25) is 0 Å². The van der Waals surface area contributed by atoms with Gasteiger partial charge in [0, 0.05) is 44.3 Å². The van der Waals surface area contributed by atoms with Crippen LogP contribution >= 0.6 is 0 Å². The summed E-state index contributed by atoms with van der Waals surface area (Å²) in [6.45, 7) is 4.11. The number of hydrogen-bond acceptors (Lipinski definition) is 3. The van der Waals surface area contributed by atoms with Crippen LogP contribution in [0, 0.1) is 5.92 Å². The van der Waals surface area contributed by atoms with E-state index in [1.807, 2.05) is 4.90 Å². The first-order chi connectivity index (χ1) is 10.3. The molecule has 1 aromatic rings. The number of carbonyl (C=O) groups is 1. The van der Waals surface area contributed by atoms with Crippen molar-refractivity contribution >= 4 is 11.6 Å². The van der Waals surface area contributed by atoms with Crippen LogP contribution in [0.1, 0.15) is 12.5 Å². The van der Waals surface area contributed by atoms with Crippen LogP contribution in [0.3, 0.4) is 0 Å². The highest BCUT2D eigenvalue weighted by Gasteiger charge is 2.31. The highest BCUT2D eigenvalue weighted by Crippen LogP contribution is 2.31. The number of nitrogens with zero attached hydrogens (tertiary/aromatic N) is 2. The molecule has 122 valence electrons. The number of hydrogen-bond donors (Lipinski definition) is 1. The Morgan fingerprint density at radius 3 is 2.45 bits per heavy atom. The monoisotopic (exact) mass is 315 g/mol. The van der Waals surface area contributed by atoms with Crippen LogP contribution < -0.4 is 10.6 Å². The molecule has 1 aliphatic rings. The Balaban J connectivity index is 2.02. The van der Waals surface area contributed by atoms with Gasteiger partial charge in [0.25, 0.3) is 0 Å². The van der Waals surface area contributed by atoms with Crippen molar-refractivity contribution < 1.29 is 18.0 Å². The molecule has 1 fully saturated rings. The summed E-state index contributed by atoms with van der Waals surface area (Å²) in [4.78, 5) is 15.6. The summed E-state index contributed by atoms with van der Waals surface area (Å²) in [5.41, 5.74) is 5.37. The second-order valence-electron chi connectivity index (χ2n) is 5.50. The number of carbonyl (C=O) groups excluding carboxylic acids is 1. The molecule has 1 atom stereocenters. The number of piperazine rings is 1. The van der Waals surface area contributed by atoms with E-state index < -0.39 is 11.7 Å². The summed E-state index contributed by atoms with van der Waals surface area (Å²) in [7, 11) is 0. The lowest BCUT2D eigenvalue weighted by molar-refractivity contribution is -0.137. The van der Waals surface area contributed by atoms with E-state index >= 15 is 0 Å². The number of halogens is 3. The second-order valence-corrected chi connectivity index (χ2v) is 5.50. The fourth-order valence-electron chi connectivity index (χ4n) is 2.48. The highest BCUT2D eigenvalue weighted by atomic mass is 19.4. The zero-order chi connectivity index (χ0) is 16.3. The topological polar surface area (TPSA) is 49.6 Å². The molecule has 0 bridgehead atoms. The number of benzene rings is 1. The molecular weight excluding hydrogens is 295 g/mol. The normalized spacial score (nSPS) is 17.5. The van der Waals surface area contributed by atoms with Gasteiger partial charge in [-0.3, -0.25) is 4.79 Å². The molecular formula is C15H20F3N3O. The Kier molecular flexibility index (Phi) is 4.95. The van der Waals surface area contributed by atoms with Crippen molar-refractivity contribution in [1.29, 1.82) is 0 Å². The predicted octanol–water partition coefficient (Wildman–Crippen LogP) is 1.95. The van der Waals surface area contributed by atoms with Crippen molar-refractivity contribution in [2.75, 3.05) is 37.6 Å². The number of anilines is 1. The van der Waals surface area contributed by atoms with Gasteiger partial charge < -0.3 is 15.5 Å². The Labute approximate surface area is 127 Å². The summed E-state index contributed by atoms with van der Waals surface area (Å²) in [6.07, 6.45) is -4.34. The molecule has 4 nitrogen and oxygen atoms in total. The molecule has 1 unspecified atom stereocenters. The van der Waals surface area contributed by atoms with Gasteiger partial charge in [-0.1, -0.05) is 13.0 Å². The lowest BCUT2D eigenvalue weighted by Crippen LogP contribution is -2.50. The summed E-state index contributed by atoms with van der Waals surface area (Å²) in [5.74, 6) is -0.216. The molecule has 0 radical (unpaired) electrons. The third-order valence-electron chi connectivity index (χ3n) is 3.91. The molecule has 1 heterocycles. The predicted molar refractivity (Wildman–Crippen MR) is 78.5 cm³/mol. The first-order valence-electron chi connectivity index (χ1n) is 7.24. The maximum Gasteiger partial charge on any atom is 0.416 e. The second kappa shape index (κ2) is 6.56. The van der Waals surface area contributed by atoms with Gasteiger partial charge in [-0.05, 0) is 18.2 Å². The van der Waals surface area contributed by atoms with Crippen molar-refractivity contribution in [2.24, 2.45) is 11.7 Å². The van der Waals surface area contributed by atoms with E-state index in [2.05, 4.69) is 0 Å². The minimum Gasteiger partial charge on any atom is -0.368 e. The van der Waals surface area contributed by atoms with E-state index in [1.165, 1.54) is 6.07 Å². The zero-order valence-corrected chi connectivity index (χ0v) is 12.4. The number of rotatable bonds is 3. The summed E-state index contributed by atoms with van der Waals surface area (Å²) < 4.78 is 38.2. The number of nitrogens with two attached hydrogens (primary N) is 1. The van der Waals surface area contributed by atoms with Gasteiger partial charge in [0.1, 0.15) is 0 Å². The molecule has 2 N–H and O–H groups in total. The quantitative estimate of drug-likeness (QED) is 0.927. The van der Waals surface area contributed by atoms with Crippen LogP contribution in [-0.4, -0.2) is 43.5 Å². The van der Waals surface area contributed by atoms with Crippen LogP contribution in [0.25, 0.3) is 0 Å². The average molecular weight is 315 g/mol. The molecule has 2 rings (SSSR count). The maximum atomic E-state index is 12.7. The molecule has 1 amide bonds. The van der Waals surface area contributed by atoms with E-state index in [1.54, 1.807) is 17.9 Å². The van der Waals surface area contributed by atoms with E-state index in [0.717, 1.165) is 12.1 Å². The molecule has 0 aliphatic carbocycles. The Hall–Kier alpha value is -1.76. The van der Waals surface area contributed by atoms with Gasteiger partial charge in [-0.15, -0.1) is 0 Å². The fraction of sp³-hybridized carbons (Fsp3) is 0.533. The molecule has 7 heteroatoms. The van der Waals surface area contributed by atoms with E-state index in [-0.39, 0.29) is 11.8 Å². The van der Waals surface area contributed by atoms with Gasteiger partial charge in [0.15, 0.2) is 0 Å². The third kappa shape index (κ3) is 3.71. The van der Waals surface area contributed by atoms with Gasteiger partial charge in [0.2, 0.25) is 5.91 Å². The highest BCUT2D eigenvalue weighted by molar-refractivity contribution is 5.79. The first-order valence-corrected chi connectivity index (χ1v) is 7.24. The lowest BCUT2D eigenvalue weighted by atomic mass is 10.1. The molecule has 0 saturated carbocycles. The van der Waals surface area contributed by atoms with E-state index in [9.17, 15) is 18.0 Å². The smallest absolute Gasteiger partial charge is 0.368 e. The molecule has 22 heavy (non-hydrogen) atoms. The largest absolute Gasteiger partial charge is 0.416 e. The first kappa shape index (κ1) is 16.6. The van der Waals surface area contributed by atoms with Crippen LogP contribution in [-0.2, 0) is 11.0 Å². The minimum atomic E-state index is -4.34. The summed E-state index contributed by atoms with van der Waals surface area (Å²) in [5, 5.41) is 0. The molecule has 1 saturated heterocycles. The van der Waals surface area contributed by atoms with Crippen LogP contribution in [0.15, 0.2) is 24.3 Å². The Morgan fingerprint density at radius 1 is 1.27 bits per heavy atom. The van der Waals surface area contributed by atoms with Crippen molar-refractivity contribution in [3.63, 3.8) is 0 Å². The van der Waals surface area contributed by atoms with Gasteiger partial charge in [-0.2, -0.15) is 13.2 Å².